The maximum atomic E-state index is 13.3. The van der Waals surface area contributed by atoms with Crippen molar-refractivity contribution in [3.8, 4) is 22.9 Å². The van der Waals surface area contributed by atoms with E-state index in [0.29, 0.717) is 24.0 Å². The molecule has 4 aromatic heterocycles. The van der Waals surface area contributed by atoms with Crippen LogP contribution in [0.1, 0.15) is 17.1 Å². The largest absolute Gasteiger partial charge is 0.337 e. The van der Waals surface area contributed by atoms with Crippen LogP contribution in [0.25, 0.3) is 22.9 Å². The standard InChI is InChI=1S/C22H16FN7O/c23-17-4-2-15(3-5-17)12-18-13-19(16-6-10-24-11-7-16)28-30(18)14-20-27-22(29-31-20)21-25-8-1-9-26-21/h1-11,13H,12,14H2. The summed E-state index contributed by atoms with van der Waals surface area (Å²) >= 11 is 0. The Balaban J connectivity index is 1.47. The molecule has 9 heteroatoms. The fourth-order valence-electron chi connectivity index (χ4n) is 3.16. The van der Waals surface area contributed by atoms with Crippen LogP contribution >= 0.6 is 0 Å². The fraction of sp³-hybridized carbons (Fsp3) is 0.0909. The van der Waals surface area contributed by atoms with Gasteiger partial charge in [0.15, 0.2) is 0 Å². The average Bonchev–Trinajstić information content (AvgIpc) is 3.44. The summed E-state index contributed by atoms with van der Waals surface area (Å²) in [6.07, 6.45) is 7.25. The lowest BCUT2D eigenvalue weighted by molar-refractivity contribution is 0.364. The number of hydrogen-bond donors (Lipinski definition) is 0. The number of pyridine rings is 1. The highest BCUT2D eigenvalue weighted by molar-refractivity contribution is 5.58. The topological polar surface area (TPSA) is 95.4 Å². The smallest absolute Gasteiger partial charge is 0.248 e. The van der Waals surface area contributed by atoms with Crippen LogP contribution in [0.4, 0.5) is 4.39 Å². The first-order chi connectivity index (χ1) is 15.2. The third-order valence-electron chi connectivity index (χ3n) is 4.66. The highest BCUT2D eigenvalue weighted by atomic mass is 19.1. The minimum atomic E-state index is -0.267. The van der Waals surface area contributed by atoms with Gasteiger partial charge in [-0.15, -0.1) is 0 Å². The van der Waals surface area contributed by atoms with Crippen LogP contribution in [0.15, 0.2) is 77.8 Å². The Kier molecular flexibility index (Phi) is 4.97. The summed E-state index contributed by atoms with van der Waals surface area (Å²) in [7, 11) is 0. The Hall–Kier alpha value is -4.27. The highest BCUT2D eigenvalue weighted by Gasteiger charge is 2.16. The molecule has 0 bridgehead atoms. The van der Waals surface area contributed by atoms with Gasteiger partial charge in [-0.2, -0.15) is 10.1 Å². The molecule has 0 aliphatic carbocycles. The van der Waals surface area contributed by atoms with E-state index in [0.717, 1.165) is 22.5 Å². The Morgan fingerprint density at radius 3 is 2.45 bits per heavy atom. The summed E-state index contributed by atoms with van der Waals surface area (Å²) in [6.45, 7) is 0.279. The first-order valence-electron chi connectivity index (χ1n) is 9.56. The van der Waals surface area contributed by atoms with Gasteiger partial charge < -0.3 is 4.52 Å². The third-order valence-corrected chi connectivity index (χ3v) is 4.66. The predicted molar refractivity (Wildman–Crippen MR) is 109 cm³/mol. The number of aromatic nitrogens is 7. The summed E-state index contributed by atoms with van der Waals surface area (Å²) in [5.41, 5.74) is 3.63. The molecule has 0 saturated heterocycles. The fourth-order valence-corrected chi connectivity index (χ4v) is 3.16. The normalized spacial score (nSPS) is 11.0. The molecule has 0 spiro atoms. The van der Waals surface area contributed by atoms with E-state index in [-0.39, 0.29) is 12.4 Å². The van der Waals surface area contributed by atoms with E-state index in [2.05, 4.69) is 25.1 Å². The van der Waals surface area contributed by atoms with Crippen molar-refractivity contribution in [1.29, 1.82) is 0 Å². The highest BCUT2D eigenvalue weighted by Crippen LogP contribution is 2.21. The van der Waals surface area contributed by atoms with Crippen LogP contribution in [-0.4, -0.2) is 34.9 Å². The van der Waals surface area contributed by atoms with Crippen molar-refractivity contribution in [3.63, 3.8) is 0 Å². The molecule has 8 nitrogen and oxygen atoms in total. The van der Waals surface area contributed by atoms with Crippen LogP contribution in [0, 0.1) is 5.82 Å². The molecule has 0 saturated carbocycles. The number of hydrogen-bond acceptors (Lipinski definition) is 7. The maximum absolute atomic E-state index is 13.3. The monoisotopic (exact) mass is 413 g/mol. The molecule has 0 fully saturated rings. The maximum Gasteiger partial charge on any atom is 0.248 e. The van der Waals surface area contributed by atoms with Gasteiger partial charge in [0.25, 0.3) is 0 Å². The van der Waals surface area contributed by atoms with Crippen LogP contribution < -0.4 is 0 Å². The van der Waals surface area contributed by atoms with Crippen molar-refractivity contribution >= 4 is 0 Å². The molecule has 5 rings (SSSR count). The molecule has 152 valence electrons. The lowest BCUT2D eigenvalue weighted by atomic mass is 10.1. The molecule has 5 aromatic rings. The van der Waals surface area contributed by atoms with E-state index >= 15 is 0 Å². The predicted octanol–water partition coefficient (Wildman–Crippen LogP) is 3.56. The zero-order chi connectivity index (χ0) is 21.0. The van der Waals surface area contributed by atoms with Crippen molar-refractivity contribution in [1.82, 2.24) is 34.9 Å². The lowest BCUT2D eigenvalue weighted by Crippen LogP contribution is -2.07. The minimum absolute atomic E-state index is 0.267. The summed E-state index contributed by atoms with van der Waals surface area (Å²) < 4.78 is 20.5. The Morgan fingerprint density at radius 1 is 0.903 bits per heavy atom. The van der Waals surface area contributed by atoms with Crippen LogP contribution in [-0.2, 0) is 13.0 Å². The Morgan fingerprint density at radius 2 is 1.68 bits per heavy atom. The van der Waals surface area contributed by atoms with E-state index in [1.807, 2.05) is 22.9 Å². The quantitative estimate of drug-likeness (QED) is 0.420. The molecule has 0 radical (unpaired) electrons. The van der Waals surface area contributed by atoms with Crippen molar-refractivity contribution < 1.29 is 8.91 Å². The van der Waals surface area contributed by atoms with Gasteiger partial charge in [0.05, 0.1) is 5.69 Å². The van der Waals surface area contributed by atoms with Crippen LogP contribution in [0.3, 0.4) is 0 Å². The summed E-state index contributed by atoms with van der Waals surface area (Å²) in [6, 6.07) is 13.9. The van der Waals surface area contributed by atoms with Gasteiger partial charge in [0, 0.05) is 42.5 Å². The average molecular weight is 413 g/mol. The summed E-state index contributed by atoms with van der Waals surface area (Å²) in [5, 5.41) is 8.70. The zero-order valence-electron chi connectivity index (χ0n) is 16.3. The van der Waals surface area contributed by atoms with E-state index in [1.165, 1.54) is 12.1 Å². The molecule has 0 N–H and O–H groups in total. The SMILES string of the molecule is Fc1ccc(Cc2cc(-c3ccncc3)nn2Cc2nc(-c3ncccn3)no2)cc1. The molecule has 0 atom stereocenters. The molecule has 0 amide bonds. The van der Waals surface area contributed by atoms with Gasteiger partial charge in [0.2, 0.25) is 17.5 Å². The van der Waals surface area contributed by atoms with Gasteiger partial charge >= 0.3 is 0 Å². The number of rotatable bonds is 6. The Bertz CT molecular complexity index is 1280. The first-order valence-corrected chi connectivity index (χ1v) is 9.56. The van der Waals surface area contributed by atoms with Crippen molar-refractivity contribution in [2.45, 2.75) is 13.0 Å². The van der Waals surface area contributed by atoms with Gasteiger partial charge in [-0.3, -0.25) is 9.67 Å². The van der Waals surface area contributed by atoms with Crippen LogP contribution in [0.5, 0.6) is 0 Å². The van der Waals surface area contributed by atoms with Crippen LogP contribution in [0.2, 0.25) is 0 Å². The van der Waals surface area contributed by atoms with Gasteiger partial charge in [-0.05, 0) is 42.0 Å². The van der Waals surface area contributed by atoms with Gasteiger partial charge in [-0.1, -0.05) is 17.3 Å². The molecule has 1 aromatic carbocycles. The summed E-state index contributed by atoms with van der Waals surface area (Å²) in [5.74, 6) is 0.822. The van der Waals surface area contributed by atoms with Gasteiger partial charge in [-0.25, -0.2) is 14.4 Å². The van der Waals surface area contributed by atoms with E-state index in [4.69, 9.17) is 9.62 Å². The lowest BCUT2D eigenvalue weighted by Gasteiger charge is -2.05. The number of nitrogens with zero attached hydrogens (tertiary/aromatic N) is 7. The number of benzene rings is 1. The van der Waals surface area contributed by atoms with Crippen molar-refractivity contribution in [3.05, 3.63) is 96.3 Å². The summed E-state index contributed by atoms with van der Waals surface area (Å²) in [4.78, 5) is 16.7. The molecule has 0 aliphatic rings. The van der Waals surface area contributed by atoms with Crippen molar-refractivity contribution in [2.75, 3.05) is 0 Å². The Labute approximate surface area is 176 Å². The molecule has 4 heterocycles. The molecular formula is C22H16FN7O. The molecular weight excluding hydrogens is 397 g/mol. The molecule has 0 aliphatic heterocycles. The molecule has 0 unspecified atom stereocenters. The second-order valence-corrected chi connectivity index (χ2v) is 6.80. The third kappa shape index (κ3) is 4.20. The first kappa shape index (κ1) is 18.7. The van der Waals surface area contributed by atoms with E-state index in [9.17, 15) is 4.39 Å². The van der Waals surface area contributed by atoms with Crippen molar-refractivity contribution in [2.24, 2.45) is 0 Å². The zero-order valence-corrected chi connectivity index (χ0v) is 16.3. The second-order valence-electron chi connectivity index (χ2n) is 6.80. The number of halogens is 1. The van der Waals surface area contributed by atoms with E-state index in [1.54, 1.807) is 43.0 Å². The van der Waals surface area contributed by atoms with Gasteiger partial charge in [0.1, 0.15) is 12.4 Å². The van der Waals surface area contributed by atoms with E-state index < -0.39 is 0 Å². The molecule has 31 heavy (non-hydrogen) atoms. The second kappa shape index (κ2) is 8.23. The minimum Gasteiger partial charge on any atom is -0.337 e.